The van der Waals surface area contributed by atoms with Gasteiger partial charge in [-0.25, -0.2) is 0 Å². The van der Waals surface area contributed by atoms with Gasteiger partial charge in [-0.3, -0.25) is 4.79 Å². The summed E-state index contributed by atoms with van der Waals surface area (Å²) in [5, 5.41) is 0.0774. The number of likely N-dealkylation sites (tertiary alicyclic amines) is 1. The summed E-state index contributed by atoms with van der Waals surface area (Å²) in [4.78, 5) is 15.3. The van der Waals surface area contributed by atoms with Gasteiger partial charge >= 0.3 is 0 Å². The minimum absolute atomic E-state index is 0.0774. The highest BCUT2D eigenvalue weighted by molar-refractivity contribution is 7.99. The molecule has 0 spiro atoms. The summed E-state index contributed by atoms with van der Waals surface area (Å²) in [6, 6.07) is 20.6. The number of hydrogen-bond donors (Lipinski definition) is 0. The fourth-order valence-corrected chi connectivity index (χ4v) is 3.69. The van der Waals surface area contributed by atoms with Crippen molar-refractivity contribution in [2.75, 3.05) is 6.54 Å². The molecule has 0 N–H and O–H groups in total. The summed E-state index contributed by atoms with van der Waals surface area (Å²) in [6.45, 7) is 0.859. The zero-order valence-electron chi connectivity index (χ0n) is 11.2. The summed E-state index contributed by atoms with van der Waals surface area (Å²) in [5.74, 6) is 0.266. The van der Waals surface area contributed by atoms with Crippen LogP contribution in [0.3, 0.4) is 0 Å². The molecule has 0 aromatic heterocycles. The van der Waals surface area contributed by atoms with Crippen molar-refractivity contribution in [1.29, 1.82) is 0 Å². The first-order valence-electron chi connectivity index (χ1n) is 6.91. The van der Waals surface area contributed by atoms with E-state index in [4.69, 9.17) is 0 Å². The van der Waals surface area contributed by atoms with E-state index >= 15 is 0 Å². The van der Waals surface area contributed by atoms with Crippen LogP contribution in [-0.2, 0) is 4.79 Å². The molecule has 1 atom stereocenters. The number of hydrogen-bond acceptors (Lipinski definition) is 2. The summed E-state index contributed by atoms with van der Waals surface area (Å²) < 4.78 is 0. The third-order valence-corrected chi connectivity index (χ3v) is 4.76. The van der Waals surface area contributed by atoms with Gasteiger partial charge in [0.25, 0.3) is 0 Å². The monoisotopic (exact) mass is 283 g/mol. The molecule has 3 heteroatoms. The average molecular weight is 283 g/mol. The Hall–Kier alpha value is -1.74. The highest BCUT2D eigenvalue weighted by Crippen LogP contribution is 2.39. The van der Waals surface area contributed by atoms with Crippen molar-refractivity contribution in [2.45, 2.75) is 23.1 Å². The molecule has 0 bridgehead atoms. The molecule has 1 amide bonds. The van der Waals surface area contributed by atoms with Crippen LogP contribution in [0.2, 0.25) is 0 Å². The molecule has 0 aliphatic carbocycles. The molecule has 102 valence electrons. The summed E-state index contributed by atoms with van der Waals surface area (Å²) in [5.41, 5.74) is 1.19. The smallest absolute Gasteiger partial charge is 0.223 e. The Bertz CT molecular complexity index is 570. The lowest BCUT2D eigenvalue weighted by Crippen LogP contribution is -2.27. The number of nitrogens with zero attached hydrogens (tertiary/aromatic N) is 1. The Morgan fingerprint density at radius 2 is 1.60 bits per heavy atom. The van der Waals surface area contributed by atoms with Gasteiger partial charge in [-0.15, -0.1) is 0 Å². The summed E-state index contributed by atoms with van der Waals surface area (Å²) in [6.07, 6.45) is 1.65. The van der Waals surface area contributed by atoms with Crippen LogP contribution in [0.5, 0.6) is 0 Å². The van der Waals surface area contributed by atoms with Crippen LogP contribution in [0, 0.1) is 0 Å². The number of thioether (sulfide) groups is 1. The molecule has 2 aromatic carbocycles. The second kappa shape index (κ2) is 6.14. The molecule has 1 heterocycles. The van der Waals surface area contributed by atoms with Crippen molar-refractivity contribution in [3.8, 4) is 0 Å². The van der Waals surface area contributed by atoms with E-state index in [9.17, 15) is 4.79 Å². The fourth-order valence-electron chi connectivity index (χ4n) is 2.47. The molecule has 20 heavy (non-hydrogen) atoms. The van der Waals surface area contributed by atoms with Crippen LogP contribution < -0.4 is 0 Å². The predicted molar refractivity (Wildman–Crippen MR) is 82.4 cm³/mol. The van der Waals surface area contributed by atoms with Gasteiger partial charge in [-0.2, -0.15) is 0 Å². The van der Waals surface area contributed by atoms with Crippen molar-refractivity contribution in [3.63, 3.8) is 0 Å². The van der Waals surface area contributed by atoms with Crippen LogP contribution >= 0.6 is 11.8 Å². The number of amides is 1. The van der Waals surface area contributed by atoms with Gasteiger partial charge in [0, 0.05) is 17.9 Å². The quantitative estimate of drug-likeness (QED) is 0.787. The zero-order valence-corrected chi connectivity index (χ0v) is 12.1. The number of carbonyl (C=O) groups excluding carboxylic acids is 1. The van der Waals surface area contributed by atoms with E-state index in [0.29, 0.717) is 6.42 Å². The molecule has 3 rings (SSSR count). The van der Waals surface area contributed by atoms with E-state index in [2.05, 4.69) is 24.3 Å². The van der Waals surface area contributed by atoms with E-state index in [1.807, 2.05) is 41.3 Å². The Balaban J connectivity index is 1.89. The molecule has 1 aliphatic rings. The van der Waals surface area contributed by atoms with Crippen LogP contribution in [0.1, 0.15) is 23.8 Å². The van der Waals surface area contributed by atoms with Gasteiger partial charge in [-0.1, -0.05) is 60.3 Å². The van der Waals surface area contributed by atoms with Crippen LogP contribution in [0.25, 0.3) is 0 Å². The maximum atomic E-state index is 12.1. The SMILES string of the molecule is O=C1CCCN1C(Sc1ccccc1)c1ccccc1. The fraction of sp³-hybridized carbons (Fsp3) is 0.235. The first-order valence-corrected chi connectivity index (χ1v) is 7.79. The lowest BCUT2D eigenvalue weighted by Gasteiger charge is -2.27. The van der Waals surface area contributed by atoms with Crippen molar-refractivity contribution in [3.05, 3.63) is 66.2 Å². The highest BCUT2D eigenvalue weighted by atomic mass is 32.2. The number of benzene rings is 2. The molecule has 1 aliphatic heterocycles. The molecule has 2 nitrogen and oxygen atoms in total. The standard InChI is InChI=1S/C17H17NOS/c19-16-12-7-13-18(16)17(14-8-3-1-4-9-14)20-15-10-5-2-6-11-15/h1-6,8-11,17H,7,12-13H2. The van der Waals surface area contributed by atoms with Crippen molar-refractivity contribution in [1.82, 2.24) is 4.90 Å². The second-order valence-electron chi connectivity index (χ2n) is 4.88. The summed E-state index contributed by atoms with van der Waals surface area (Å²) >= 11 is 1.75. The average Bonchev–Trinajstić information content (AvgIpc) is 2.93. The lowest BCUT2D eigenvalue weighted by atomic mass is 10.2. The maximum Gasteiger partial charge on any atom is 0.223 e. The van der Waals surface area contributed by atoms with Crippen molar-refractivity contribution >= 4 is 17.7 Å². The Morgan fingerprint density at radius 1 is 0.950 bits per heavy atom. The van der Waals surface area contributed by atoms with E-state index < -0.39 is 0 Å². The minimum Gasteiger partial charge on any atom is -0.326 e. The lowest BCUT2D eigenvalue weighted by molar-refractivity contribution is -0.128. The van der Waals surface area contributed by atoms with Crippen molar-refractivity contribution in [2.24, 2.45) is 0 Å². The van der Waals surface area contributed by atoms with Gasteiger partial charge in [0.1, 0.15) is 5.37 Å². The van der Waals surface area contributed by atoms with Crippen LogP contribution in [0.4, 0.5) is 0 Å². The molecule has 2 aromatic rings. The Morgan fingerprint density at radius 3 is 2.20 bits per heavy atom. The van der Waals surface area contributed by atoms with E-state index in [1.54, 1.807) is 11.8 Å². The second-order valence-corrected chi connectivity index (χ2v) is 6.04. The molecular weight excluding hydrogens is 266 g/mol. The molecule has 1 unspecified atom stereocenters. The molecule has 1 fully saturated rings. The van der Waals surface area contributed by atoms with Gasteiger partial charge in [0.05, 0.1) is 0 Å². The normalized spacial score (nSPS) is 16.4. The van der Waals surface area contributed by atoms with E-state index in [-0.39, 0.29) is 11.3 Å². The Kier molecular flexibility index (Phi) is 4.07. The topological polar surface area (TPSA) is 20.3 Å². The third kappa shape index (κ3) is 2.88. The summed E-state index contributed by atoms with van der Waals surface area (Å²) in [7, 11) is 0. The van der Waals surface area contributed by atoms with Crippen LogP contribution in [-0.4, -0.2) is 17.4 Å². The van der Waals surface area contributed by atoms with Gasteiger partial charge < -0.3 is 4.90 Å². The highest BCUT2D eigenvalue weighted by Gasteiger charge is 2.29. The molecular formula is C17H17NOS. The number of carbonyl (C=O) groups is 1. The maximum absolute atomic E-state index is 12.1. The largest absolute Gasteiger partial charge is 0.326 e. The minimum atomic E-state index is 0.0774. The van der Waals surface area contributed by atoms with Crippen LogP contribution in [0.15, 0.2) is 65.6 Å². The number of rotatable bonds is 4. The predicted octanol–water partition coefficient (Wildman–Crippen LogP) is 4.10. The van der Waals surface area contributed by atoms with E-state index in [1.165, 1.54) is 10.5 Å². The van der Waals surface area contributed by atoms with Gasteiger partial charge in [-0.05, 0) is 24.1 Å². The zero-order chi connectivity index (χ0) is 13.8. The Labute approximate surface area is 123 Å². The molecule has 1 saturated heterocycles. The molecule has 0 radical (unpaired) electrons. The third-order valence-electron chi connectivity index (χ3n) is 3.47. The molecule has 0 saturated carbocycles. The van der Waals surface area contributed by atoms with Gasteiger partial charge in [0.15, 0.2) is 0 Å². The first kappa shape index (κ1) is 13.3. The van der Waals surface area contributed by atoms with Crippen molar-refractivity contribution < 1.29 is 4.79 Å². The first-order chi connectivity index (χ1) is 9.84. The van der Waals surface area contributed by atoms with Gasteiger partial charge in [0.2, 0.25) is 5.91 Å². The van der Waals surface area contributed by atoms with E-state index in [0.717, 1.165) is 13.0 Å².